The van der Waals surface area contributed by atoms with E-state index in [0.717, 1.165) is 5.56 Å². The van der Waals surface area contributed by atoms with Crippen LogP contribution < -0.4 is 5.73 Å². The highest BCUT2D eigenvalue weighted by Crippen LogP contribution is 2.14. The second kappa shape index (κ2) is 2.43. The summed E-state index contributed by atoms with van der Waals surface area (Å²) in [7, 11) is 0. The van der Waals surface area contributed by atoms with Crippen molar-refractivity contribution in [2.45, 2.75) is 19.4 Å². The van der Waals surface area contributed by atoms with Gasteiger partial charge in [0.2, 0.25) is 0 Å². The van der Waals surface area contributed by atoms with Gasteiger partial charge in [-0.15, -0.1) is 0 Å². The van der Waals surface area contributed by atoms with E-state index in [4.69, 9.17) is 5.73 Å². The van der Waals surface area contributed by atoms with E-state index in [2.05, 4.69) is 6.07 Å². The molecule has 1 nitrogen and oxygen atoms in total. The fourth-order valence-corrected chi connectivity index (χ4v) is 0.794. The summed E-state index contributed by atoms with van der Waals surface area (Å²) in [6, 6.07) is 10.9. The molecule has 0 aromatic heterocycles. The lowest BCUT2D eigenvalue weighted by molar-refractivity contribution is 0.553. The monoisotopic (exact) mass is 134 g/mol. The van der Waals surface area contributed by atoms with E-state index in [-0.39, 0.29) is 5.54 Å². The van der Waals surface area contributed by atoms with Crippen LogP contribution in [0.1, 0.15) is 19.4 Å². The van der Waals surface area contributed by atoms with Crippen molar-refractivity contribution in [1.29, 1.82) is 0 Å². The summed E-state index contributed by atoms with van der Waals surface area (Å²) in [4.78, 5) is 0. The Morgan fingerprint density at radius 3 is 2.40 bits per heavy atom. The van der Waals surface area contributed by atoms with Crippen molar-refractivity contribution in [3.05, 3.63) is 35.9 Å². The van der Waals surface area contributed by atoms with Gasteiger partial charge >= 0.3 is 0 Å². The van der Waals surface area contributed by atoms with E-state index in [9.17, 15) is 0 Å². The van der Waals surface area contributed by atoms with E-state index in [1.165, 1.54) is 0 Å². The minimum atomic E-state index is -0.263. The molecule has 1 aromatic carbocycles. The number of rotatable bonds is 1. The summed E-state index contributed by atoms with van der Waals surface area (Å²) >= 11 is 0. The highest BCUT2D eigenvalue weighted by molar-refractivity contribution is 5.20. The summed E-state index contributed by atoms with van der Waals surface area (Å²) in [6.07, 6.45) is 0. The van der Waals surface area contributed by atoms with Crippen LogP contribution in [0.5, 0.6) is 0 Å². The van der Waals surface area contributed by atoms with Crippen molar-refractivity contribution in [3.8, 4) is 0 Å². The van der Waals surface area contributed by atoms with E-state index in [0.29, 0.717) is 0 Å². The van der Waals surface area contributed by atoms with E-state index < -0.39 is 0 Å². The lowest BCUT2D eigenvalue weighted by atomic mass is 9.96. The summed E-state index contributed by atoms with van der Waals surface area (Å²) in [5.74, 6) is 0. The quantitative estimate of drug-likeness (QED) is 0.621. The zero-order valence-electron chi connectivity index (χ0n) is 6.39. The Bertz CT molecular complexity index is 196. The van der Waals surface area contributed by atoms with Gasteiger partial charge in [0, 0.05) is 5.54 Å². The van der Waals surface area contributed by atoms with Crippen molar-refractivity contribution < 1.29 is 0 Å². The van der Waals surface area contributed by atoms with Crippen LogP contribution in [0.4, 0.5) is 0 Å². The molecular formula is C9H12N. The fraction of sp³-hybridized carbons (Fsp3) is 0.333. The molecule has 0 amide bonds. The maximum atomic E-state index is 5.83. The number of nitrogens with two attached hydrogens (primary N) is 1. The van der Waals surface area contributed by atoms with Gasteiger partial charge < -0.3 is 5.73 Å². The van der Waals surface area contributed by atoms with Crippen LogP contribution in [0.15, 0.2) is 24.3 Å². The molecule has 1 aromatic rings. The predicted octanol–water partition coefficient (Wildman–Crippen LogP) is 1.68. The molecule has 0 atom stereocenters. The van der Waals surface area contributed by atoms with Gasteiger partial charge in [0.05, 0.1) is 0 Å². The Morgan fingerprint density at radius 1 is 1.40 bits per heavy atom. The van der Waals surface area contributed by atoms with Crippen LogP contribution in [0, 0.1) is 6.07 Å². The third-order valence-electron chi connectivity index (χ3n) is 1.40. The smallest absolute Gasteiger partial charge is 0.0358 e. The Labute approximate surface area is 61.9 Å². The van der Waals surface area contributed by atoms with Gasteiger partial charge in [0.15, 0.2) is 0 Å². The van der Waals surface area contributed by atoms with Crippen molar-refractivity contribution >= 4 is 0 Å². The standard InChI is InChI=1S/C9H12N/c1-9(2,10)8-6-4-3-5-7-8/h3-6H,10H2,1-2H3. The van der Waals surface area contributed by atoms with E-state index in [1.807, 2.05) is 38.1 Å². The molecule has 2 N–H and O–H groups in total. The molecule has 0 aliphatic rings. The first kappa shape index (κ1) is 7.29. The Hall–Kier alpha value is -0.820. The first-order chi connectivity index (χ1) is 4.61. The predicted molar refractivity (Wildman–Crippen MR) is 42.5 cm³/mol. The number of benzene rings is 1. The maximum absolute atomic E-state index is 5.83. The maximum Gasteiger partial charge on any atom is 0.0358 e. The summed E-state index contributed by atoms with van der Waals surface area (Å²) in [5.41, 5.74) is 6.61. The van der Waals surface area contributed by atoms with Crippen molar-refractivity contribution in [2.24, 2.45) is 5.73 Å². The van der Waals surface area contributed by atoms with Crippen LogP contribution in [0.3, 0.4) is 0 Å². The molecule has 53 valence electrons. The first-order valence-corrected chi connectivity index (χ1v) is 3.37. The molecule has 0 heterocycles. The number of hydrogen-bond acceptors (Lipinski definition) is 1. The van der Waals surface area contributed by atoms with Gasteiger partial charge in [0.25, 0.3) is 0 Å². The van der Waals surface area contributed by atoms with Gasteiger partial charge in [-0.1, -0.05) is 24.3 Å². The average molecular weight is 134 g/mol. The Morgan fingerprint density at radius 2 is 2.10 bits per heavy atom. The second-order valence-corrected chi connectivity index (χ2v) is 3.00. The fourth-order valence-electron chi connectivity index (χ4n) is 0.794. The lowest BCUT2D eigenvalue weighted by Gasteiger charge is -2.17. The van der Waals surface area contributed by atoms with Crippen molar-refractivity contribution in [3.63, 3.8) is 0 Å². The largest absolute Gasteiger partial charge is 0.322 e. The van der Waals surface area contributed by atoms with Crippen LogP contribution in [0.2, 0.25) is 0 Å². The molecule has 0 aliphatic carbocycles. The molecule has 0 saturated carbocycles. The van der Waals surface area contributed by atoms with Gasteiger partial charge in [-0.25, -0.2) is 0 Å². The molecule has 1 rings (SSSR count). The van der Waals surface area contributed by atoms with E-state index in [1.54, 1.807) is 0 Å². The molecule has 0 aliphatic heterocycles. The minimum Gasteiger partial charge on any atom is -0.322 e. The zero-order chi connectivity index (χ0) is 7.61. The van der Waals surface area contributed by atoms with Gasteiger partial charge in [-0.3, -0.25) is 0 Å². The Kier molecular flexibility index (Phi) is 1.77. The SMILES string of the molecule is CC(C)(N)c1[c]cccc1. The van der Waals surface area contributed by atoms with Crippen LogP contribution in [-0.4, -0.2) is 0 Å². The zero-order valence-corrected chi connectivity index (χ0v) is 6.39. The molecule has 0 spiro atoms. The molecule has 10 heavy (non-hydrogen) atoms. The molecule has 1 radical (unpaired) electrons. The summed E-state index contributed by atoms with van der Waals surface area (Å²) < 4.78 is 0. The normalized spacial score (nSPS) is 11.5. The first-order valence-electron chi connectivity index (χ1n) is 3.37. The summed E-state index contributed by atoms with van der Waals surface area (Å²) in [6.45, 7) is 3.94. The minimum absolute atomic E-state index is 0.263. The third-order valence-corrected chi connectivity index (χ3v) is 1.40. The Balaban J connectivity index is 2.97. The van der Waals surface area contributed by atoms with Gasteiger partial charge in [-0.05, 0) is 25.5 Å². The second-order valence-electron chi connectivity index (χ2n) is 3.00. The van der Waals surface area contributed by atoms with Crippen molar-refractivity contribution in [2.75, 3.05) is 0 Å². The molecule has 0 saturated heterocycles. The van der Waals surface area contributed by atoms with Crippen LogP contribution >= 0.6 is 0 Å². The van der Waals surface area contributed by atoms with E-state index >= 15 is 0 Å². The topological polar surface area (TPSA) is 26.0 Å². The van der Waals surface area contributed by atoms with Gasteiger partial charge in [0.1, 0.15) is 0 Å². The highest BCUT2D eigenvalue weighted by atomic mass is 14.7. The van der Waals surface area contributed by atoms with Crippen LogP contribution in [0.25, 0.3) is 0 Å². The molecule has 0 fully saturated rings. The van der Waals surface area contributed by atoms with Crippen LogP contribution in [-0.2, 0) is 5.54 Å². The molecule has 1 heteroatoms. The average Bonchev–Trinajstić information content (AvgIpc) is 1.88. The molecule has 0 bridgehead atoms. The summed E-state index contributed by atoms with van der Waals surface area (Å²) in [5, 5.41) is 0. The highest BCUT2D eigenvalue weighted by Gasteiger charge is 2.12. The van der Waals surface area contributed by atoms with Gasteiger partial charge in [-0.2, -0.15) is 0 Å². The molecule has 0 unspecified atom stereocenters. The lowest BCUT2D eigenvalue weighted by Crippen LogP contribution is -2.28. The number of hydrogen-bond donors (Lipinski definition) is 1. The molecular weight excluding hydrogens is 122 g/mol. The van der Waals surface area contributed by atoms with Crippen molar-refractivity contribution in [1.82, 2.24) is 0 Å². The third kappa shape index (κ3) is 1.58.